The van der Waals surface area contributed by atoms with Crippen molar-refractivity contribution in [2.24, 2.45) is 7.05 Å². The second kappa shape index (κ2) is 5.36. The van der Waals surface area contributed by atoms with Gasteiger partial charge in [-0.15, -0.1) is 0 Å². The normalized spacial score (nSPS) is 10.8. The van der Waals surface area contributed by atoms with Gasteiger partial charge in [-0.05, 0) is 19.1 Å². The number of hydrogen-bond acceptors (Lipinski definition) is 3. The lowest BCUT2D eigenvalue weighted by molar-refractivity contribution is 0.0952. The zero-order valence-electron chi connectivity index (χ0n) is 12.0. The van der Waals surface area contributed by atoms with Gasteiger partial charge in [0.25, 0.3) is 5.91 Å². The maximum Gasteiger partial charge on any atom is 0.252 e. The summed E-state index contributed by atoms with van der Waals surface area (Å²) >= 11 is 0. The van der Waals surface area contributed by atoms with E-state index >= 15 is 0 Å². The number of hydrogen-bond donors (Lipinski definition) is 1. The molecule has 0 bridgehead atoms. The Morgan fingerprint density at radius 3 is 2.90 bits per heavy atom. The number of aryl methyl sites for hydroxylation is 2. The van der Waals surface area contributed by atoms with Crippen molar-refractivity contribution in [3.8, 4) is 0 Å². The molecule has 0 spiro atoms. The molecular weight excluding hydrogens is 264 g/mol. The Labute approximate surface area is 122 Å². The molecule has 0 radical (unpaired) electrons. The van der Waals surface area contributed by atoms with E-state index in [-0.39, 0.29) is 5.91 Å². The van der Waals surface area contributed by atoms with Crippen LogP contribution in [0.15, 0.2) is 42.7 Å². The molecule has 1 amide bonds. The van der Waals surface area contributed by atoms with E-state index < -0.39 is 0 Å². The molecule has 0 atom stereocenters. The van der Waals surface area contributed by atoms with Crippen molar-refractivity contribution in [3.05, 3.63) is 59.5 Å². The van der Waals surface area contributed by atoms with Crippen molar-refractivity contribution in [2.45, 2.75) is 13.5 Å². The predicted molar refractivity (Wildman–Crippen MR) is 80.9 cm³/mol. The molecule has 106 valence electrons. The number of carbonyl (C=O) groups excluding carboxylic acids is 1. The molecule has 5 nitrogen and oxygen atoms in total. The maximum atomic E-state index is 12.4. The minimum Gasteiger partial charge on any atom is -0.348 e. The van der Waals surface area contributed by atoms with E-state index in [2.05, 4.69) is 15.4 Å². The number of nitrogens with one attached hydrogen (secondary N) is 1. The number of carbonyl (C=O) groups is 1. The lowest BCUT2D eigenvalue weighted by Gasteiger charge is -2.08. The Bertz CT molecular complexity index is 807. The van der Waals surface area contributed by atoms with Gasteiger partial charge in [0.2, 0.25) is 0 Å². The highest BCUT2D eigenvalue weighted by Gasteiger charge is 2.11. The van der Waals surface area contributed by atoms with Crippen LogP contribution in [-0.4, -0.2) is 20.7 Å². The Morgan fingerprint density at radius 2 is 2.14 bits per heavy atom. The molecule has 0 fully saturated rings. The maximum absolute atomic E-state index is 12.4. The molecule has 0 aliphatic heterocycles. The first kappa shape index (κ1) is 13.3. The highest BCUT2D eigenvalue weighted by Crippen LogP contribution is 2.18. The van der Waals surface area contributed by atoms with Crippen molar-refractivity contribution >= 4 is 16.8 Å². The zero-order valence-corrected chi connectivity index (χ0v) is 12.0. The van der Waals surface area contributed by atoms with Gasteiger partial charge in [0.15, 0.2) is 0 Å². The van der Waals surface area contributed by atoms with Crippen molar-refractivity contribution in [3.63, 3.8) is 0 Å². The topological polar surface area (TPSA) is 59.8 Å². The van der Waals surface area contributed by atoms with Gasteiger partial charge in [-0.1, -0.05) is 18.2 Å². The van der Waals surface area contributed by atoms with E-state index in [9.17, 15) is 4.79 Å². The summed E-state index contributed by atoms with van der Waals surface area (Å²) in [6, 6.07) is 9.49. The number of fused-ring (bicyclic) bond motifs is 1. The summed E-state index contributed by atoms with van der Waals surface area (Å²) in [6.45, 7) is 2.35. The Hall–Kier alpha value is -2.69. The highest BCUT2D eigenvalue weighted by atomic mass is 16.1. The van der Waals surface area contributed by atoms with Gasteiger partial charge in [0.05, 0.1) is 17.3 Å². The first-order valence-corrected chi connectivity index (χ1v) is 6.75. The van der Waals surface area contributed by atoms with Crippen LogP contribution in [0, 0.1) is 6.92 Å². The van der Waals surface area contributed by atoms with Crippen LogP contribution in [0.5, 0.6) is 0 Å². The summed E-state index contributed by atoms with van der Waals surface area (Å²) in [4.78, 5) is 16.9. The van der Waals surface area contributed by atoms with Crippen molar-refractivity contribution < 1.29 is 4.79 Å². The van der Waals surface area contributed by atoms with Gasteiger partial charge in [-0.3, -0.25) is 14.5 Å². The number of aromatic nitrogens is 3. The molecule has 0 aliphatic carbocycles. The molecule has 0 unspecified atom stereocenters. The van der Waals surface area contributed by atoms with E-state index in [1.165, 1.54) is 0 Å². The van der Waals surface area contributed by atoms with Crippen molar-refractivity contribution in [1.82, 2.24) is 20.1 Å². The fourth-order valence-electron chi connectivity index (χ4n) is 2.34. The third-order valence-electron chi connectivity index (χ3n) is 3.30. The van der Waals surface area contributed by atoms with E-state index in [0.717, 1.165) is 22.2 Å². The Balaban J connectivity index is 1.87. The third-order valence-corrected chi connectivity index (χ3v) is 3.30. The van der Waals surface area contributed by atoms with Gasteiger partial charge in [-0.2, -0.15) is 5.10 Å². The monoisotopic (exact) mass is 280 g/mol. The number of nitrogens with zero attached hydrogens (tertiary/aromatic N) is 3. The Kier molecular flexibility index (Phi) is 3.39. The van der Waals surface area contributed by atoms with Crippen LogP contribution in [0.3, 0.4) is 0 Å². The highest BCUT2D eigenvalue weighted by molar-refractivity contribution is 6.06. The van der Waals surface area contributed by atoms with Gasteiger partial charge in [0, 0.05) is 36.4 Å². The third kappa shape index (κ3) is 2.76. The molecule has 1 aromatic carbocycles. The largest absolute Gasteiger partial charge is 0.348 e. The average molecular weight is 280 g/mol. The Morgan fingerprint density at radius 1 is 1.33 bits per heavy atom. The molecule has 21 heavy (non-hydrogen) atoms. The first-order valence-electron chi connectivity index (χ1n) is 6.75. The minimum absolute atomic E-state index is 0.0967. The van der Waals surface area contributed by atoms with E-state index in [1.807, 2.05) is 50.5 Å². The predicted octanol–water partition coefficient (Wildman–Crippen LogP) is 2.21. The second-order valence-electron chi connectivity index (χ2n) is 5.03. The number of rotatable bonds is 3. The van der Waals surface area contributed by atoms with Crippen LogP contribution >= 0.6 is 0 Å². The standard InChI is InChI=1S/C16H16N4O/c1-11-7-14(13-5-3-4-6-15(13)19-11)16(21)17-8-12-9-18-20(2)10-12/h3-7,9-10H,8H2,1-2H3,(H,17,21). The molecule has 0 saturated carbocycles. The van der Waals surface area contributed by atoms with Crippen LogP contribution in [0.4, 0.5) is 0 Å². The summed E-state index contributed by atoms with van der Waals surface area (Å²) in [6.07, 6.45) is 3.63. The average Bonchev–Trinajstić information content (AvgIpc) is 2.89. The van der Waals surface area contributed by atoms with Gasteiger partial charge in [-0.25, -0.2) is 0 Å². The number of para-hydroxylation sites is 1. The van der Waals surface area contributed by atoms with Crippen LogP contribution in [0.25, 0.3) is 10.9 Å². The molecule has 5 heteroatoms. The lowest BCUT2D eigenvalue weighted by Crippen LogP contribution is -2.23. The molecule has 0 aliphatic rings. The molecule has 2 aromatic heterocycles. The van der Waals surface area contributed by atoms with Crippen molar-refractivity contribution in [2.75, 3.05) is 0 Å². The summed E-state index contributed by atoms with van der Waals surface area (Å²) in [5, 5.41) is 7.88. The van der Waals surface area contributed by atoms with Crippen LogP contribution < -0.4 is 5.32 Å². The first-order chi connectivity index (χ1) is 10.1. The van der Waals surface area contributed by atoms with Gasteiger partial charge in [0.1, 0.15) is 0 Å². The van der Waals surface area contributed by atoms with Crippen molar-refractivity contribution in [1.29, 1.82) is 0 Å². The quantitative estimate of drug-likeness (QED) is 0.800. The van der Waals surface area contributed by atoms with Gasteiger partial charge >= 0.3 is 0 Å². The number of benzene rings is 1. The van der Waals surface area contributed by atoms with E-state index in [1.54, 1.807) is 10.9 Å². The second-order valence-corrected chi connectivity index (χ2v) is 5.03. The summed E-state index contributed by atoms with van der Waals surface area (Å²) in [5.74, 6) is -0.0967. The molecule has 0 saturated heterocycles. The molecule has 3 rings (SSSR count). The van der Waals surface area contributed by atoms with Gasteiger partial charge < -0.3 is 5.32 Å². The number of pyridine rings is 1. The van der Waals surface area contributed by atoms with Crippen LogP contribution in [0.1, 0.15) is 21.6 Å². The summed E-state index contributed by atoms with van der Waals surface area (Å²) in [5.41, 5.74) is 3.30. The molecule has 2 heterocycles. The SMILES string of the molecule is Cc1cc(C(=O)NCc2cnn(C)c2)c2ccccc2n1. The fourth-order valence-corrected chi connectivity index (χ4v) is 2.34. The summed E-state index contributed by atoms with van der Waals surface area (Å²) < 4.78 is 1.72. The fraction of sp³-hybridized carbons (Fsp3) is 0.188. The van der Waals surface area contributed by atoms with E-state index in [4.69, 9.17) is 0 Å². The number of amides is 1. The zero-order chi connectivity index (χ0) is 14.8. The summed E-state index contributed by atoms with van der Waals surface area (Å²) in [7, 11) is 1.85. The molecule has 3 aromatic rings. The minimum atomic E-state index is -0.0967. The molecular formula is C16H16N4O. The van der Waals surface area contributed by atoms with Crippen LogP contribution in [-0.2, 0) is 13.6 Å². The lowest BCUT2D eigenvalue weighted by atomic mass is 10.1. The smallest absolute Gasteiger partial charge is 0.252 e. The van der Waals surface area contributed by atoms with Crippen LogP contribution in [0.2, 0.25) is 0 Å². The molecule has 1 N–H and O–H groups in total. The van der Waals surface area contributed by atoms with E-state index in [0.29, 0.717) is 12.1 Å².